The Morgan fingerprint density at radius 2 is 1.08 bits per heavy atom. The zero-order valence-corrected chi connectivity index (χ0v) is 30.2. The molecule has 1 aliphatic rings. The van der Waals surface area contributed by atoms with Crippen molar-refractivity contribution in [3.8, 4) is 44.8 Å². The number of fused-ring (bicyclic) bond motifs is 8. The molecule has 0 amide bonds. The van der Waals surface area contributed by atoms with E-state index in [4.69, 9.17) is 19.4 Å². The van der Waals surface area contributed by atoms with Gasteiger partial charge in [0.15, 0.2) is 9.47 Å². The van der Waals surface area contributed by atoms with Crippen LogP contribution >= 0.6 is 31.9 Å². The SMILES string of the molecule is CC1(C)c2ccccc2-c2ccc(-c3nc(Br)nc4cc(-c5ccc6c(c5)oc5ccc(-c7nc(Br)nc8ccccc78)cc56)ccc34)cc21. The van der Waals surface area contributed by atoms with Gasteiger partial charge in [0.2, 0.25) is 0 Å². The van der Waals surface area contributed by atoms with E-state index in [-0.39, 0.29) is 5.41 Å². The van der Waals surface area contributed by atoms with Crippen LogP contribution in [0.15, 0.2) is 135 Å². The zero-order chi connectivity index (χ0) is 33.7. The lowest BCUT2D eigenvalue weighted by Gasteiger charge is -2.22. The quantitative estimate of drug-likeness (QED) is 0.167. The Hall–Kier alpha value is -5.24. The van der Waals surface area contributed by atoms with Gasteiger partial charge in [-0.25, -0.2) is 19.9 Å². The maximum absolute atomic E-state index is 6.40. The molecule has 238 valence electrons. The molecule has 1 aliphatic carbocycles. The van der Waals surface area contributed by atoms with Gasteiger partial charge >= 0.3 is 0 Å². The fourth-order valence-corrected chi connectivity index (χ4v) is 8.46. The Bertz CT molecular complexity index is 2890. The molecule has 0 saturated heterocycles. The van der Waals surface area contributed by atoms with Crippen LogP contribution in [0.25, 0.3) is 88.5 Å². The second kappa shape index (κ2) is 10.9. The number of nitrogens with zero attached hydrogens (tertiary/aromatic N) is 4. The van der Waals surface area contributed by atoms with Crippen LogP contribution in [0.5, 0.6) is 0 Å². The maximum atomic E-state index is 6.40. The first-order valence-electron chi connectivity index (χ1n) is 16.4. The first-order chi connectivity index (χ1) is 24.3. The minimum absolute atomic E-state index is 0.0898. The molecule has 3 heterocycles. The Balaban J connectivity index is 1.04. The van der Waals surface area contributed by atoms with Gasteiger partial charge in [0.1, 0.15) is 11.2 Å². The number of halogens is 2. The number of hydrogen-bond acceptors (Lipinski definition) is 5. The first-order valence-corrected chi connectivity index (χ1v) is 18.0. The number of rotatable bonds is 3. The average molecular weight is 775 g/mol. The second-order valence-corrected chi connectivity index (χ2v) is 14.8. The van der Waals surface area contributed by atoms with E-state index in [9.17, 15) is 0 Å². The molecule has 6 aromatic carbocycles. The molecular formula is C43H26Br2N4O. The van der Waals surface area contributed by atoms with Crippen LogP contribution in [0.2, 0.25) is 0 Å². The monoisotopic (exact) mass is 772 g/mol. The minimum atomic E-state index is -0.0898. The summed E-state index contributed by atoms with van der Waals surface area (Å²) >= 11 is 7.11. The second-order valence-electron chi connectivity index (χ2n) is 13.4. The normalized spacial score (nSPS) is 13.4. The Labute approximate surface area is 304 Å². The van der Waals surface area contributed by atoms with Crippen molar-refractivity contribution in [1.29, 1.82) is 0 Å². The van der Waals surface area contributed by atoms with E-state index in [0.29, 0.717) is 9.47 Å². The molecule has 0 unspecified atom stereocenters. The van der Waals surface area contributed by atoms with E-state index < -0.39 is 0 Å². The number of furan rings is 1. The molecule has 9 aromatic rings. The van der Waals surface area contributed by atoms with Crippen LogP contribution in [0.1, 0.15) is 25.0 Å². The van der Waals surface area contributed by atoms with Gasteiger partial charge in [-0.1, -0.05) is 80.6 Å². The first kappa shape index (κ1) is 29.7. The van der Waals surface area contributed by atoms with Crippen LogP contribution in [0.3, 0.4) is 0 Å². The van der Waals surface area contributed by atoms with E-state index in [2.05, 4.69) is 148 Å². The van der Waals surface area contributed by atoms with E-state index in [1.54, 1.807) is 0 Å². The van der Waals surface area contributed by atoms with E-state index in [1.165, 1.54) is 22.3 Å². The number of aromatic nitrogens is 4. The predicted molar refractivity (Wildman–Crippen MR) is 209 cm³/mol. The zero-order valence-electron chi connectivity index (χ0n) is 27.0. The number of benzene rings is 6. The van der Waals surface area contributed by atoms with E-state index in [0.717, 1.165) is 77.4 Å². The van der Waals surface area contributed by atoms with E-state index in [1.807, 2.05) is 24.3 Å². The summed E-state index contributed by atoms with van der Waals surface area (Å²) in [6.07, 6.45) is 0. The molecule has 0 saturated carbocycles. The van der Waals surface area contributed by atoms with Crippen LogP contribution in [-0.4, -0.2) is 19.9 Å². The van der Waals surface area contributed by atoms with Crippen LogP contribution in [0.4, 0.5) is 0 Å². The van der Waals surface area contributed by atoms with Crippen molar-refractivity contribution in [1.82, 2.24) is 19.9 Å². The van der Waals surface area contributed by atoms with Crippen molar-refractivity contribution in [2.45, 2.75) is 19.3 Å². The van der Waals surface area contributed by atoms with Crippen LogP contribution < -0.4 is 0 Å². The third-order valence-electron chi connectivity index (χ3n) is 10.2. The summed E-state index contributed by atoms with van der Waals surface area (Å²) in [6.45, 7) is 4.61. The molecule has 0 radical (unpaired) electrons. The number of para-hydroxylation sites is 1. The van der Waals surface area contributed by atoms with Gasteiger partial charge in [0.05, 0.1) is 22.4 Å². The smallest absolute Gasteiger partial charge is 0.197 e. The summed E-state index contributed by atoms with van der Waals surface area (Å²) < 4.78 is 7.53. The fourth-order valence-electron chi connectivity index (χ4n) is 7.72. The molecule has 0 N–H and O–H groups in total. The van der Waals surface area contributed by atoms with Crippen LogP contribution in [-0.2, 0) is 5.41 Å². The lowest BCUT2D eigenvalue weighted by Crippen LogP contribution is -2.14. The van der Waals surface area contributed by atoms with Gasteiger partial charge in [0.25, 0.3) is 0 Å². The van der Waals surface area contributed by atoms with Crippen molar-refractivity contribution in [2.75, 3.05) is 0 Å². The molecule has 7 heteroatoms. The van der Waals surface area contributed by atoms with Crippen LogP contribution in [0, 0.1) is 0 Å². The van der Waals surface area contributed by atoms with Crippen molar-refractivity contribution in [3.05, 3.63) is 142 Å². The molecule has 10 rings (SSSR count). The Kier molecular flexibility index (Phi) is 6.45. The molecule has 0 atom stereocenters. The lowest BCUT2D eigenvalue weighted by atomic mass is 9.82. The van der Waals surface area contributed by atoms with Gasteiger partial charge in [-0.2, -0.15) is 0 Å². The third-order valence-corrected chi connectivity index (χ3v) is 10.9. The summed E-state index contributed by atoms with van der Waals surface area (Å²) in [5, 5.41) is 4.11. The summed E-state index contributed by atoms with van der Waals surface area (Å²) in [5.74, 6) is 0. The predicted octanol–water partition coefficient (Wildman–Crippen LogP) is 12.3. The Morgan fingerprint density at radius 3 is 1.92 bits per heavy atom. The fraction of sp³-hybridized carbons (Fsp3) is 0.0698. The minimum Gasteiger partial charge on any atom is -0.456 e. The van der Waals surface area contributed by atoms with E-state index >= 15 is 0 Å². The highest BCUT2D eigenvalue weighted by Crippen LogP contribution is 2.49. The summed E-state index contributed by atoms with van der Waals surface area (Å²) in [4.78, 5) is 19.0. The number of hydrogen-bond donors (Lipinski definition) is 0. The summed E-state index contributed by atoms with van der Waals surface area (Å²) in [5.41, 5.74) is 14.6. The molecule has 0 fully saturated rings. The Morgan fingerprint density at radius 1 is 0.460 bits per heavy atom. The van der Waals surface area contributed by atoms with Crippen molar-refractivity contribution < 1.29 is 4.42 Å². The average Bonchev–Trinajstić information content (AvgIpc) is 3.61. The topological polar surface area (TPSA) is 64.7 Å². The summed E-state index contributed by atoms with van der Waals surface area (Å²) in [7, 11) is 0. The third kappa shape index (κ3) is 4.50. The highest BCUT2D eigenvalue weighted by Gasteiger charge is 2.35. The lowest BCUT2D eigenvalue weighted by molar-refractivity contribution is 0.660. The molecule has 0 spiro atoms. The summed E-state index contributed by atoms with van der Waals surface area (Å²) in [6, 6.07) is 42.6. The molecule has 0 bridgehead atoms. The van der Waals surface area contributed by atoms with Crippen molar-refractivity contribution in [2.24, 2.45) is 0 Å². The largest absolute Gasteiger partial charge is 0.456 e. The maximum Gasteiger partial charge on any atom is 0.197 e. The van der Waals surface area contributed by atoms with Crippen molar-refractivity contribution >= 4 is 75.6 Å². The molecule has 50 heavy (non-hydrogen) atoms. The highest BCUT2D eigenvalue weighted by molar-refractivity contribution is 9.10. The molecular weight excluding hydrogens is 748 g/mol. The van der Waals surface area contributed by atoms with Gasteiger partial charge in [-0.15, -0.1) is 0 Å². The van der Waals surface area contributed by atoms with Crippen molar-refractivity contribution in [3.63, 3.8) is 0 Å². The van der Waals surface area contributed by atoms with Gasteiger partial charge < -0.3 is 4.42 Å². The molecule has 3 aromatic heterocycles. The molecule has 0 aliphatic heterocycles. The van der Waals surface area contributed by atoms with Gasteiger partial charge in [-0.05, 0) is 120 Å². The van der Waals surface area contributed by atoms with Gasteiger partial charge in [-0.3, -0.25) is 0 Å². The van der Waals surface area contributed by atoms with Gasteiger partial charge in [0, 0.05) is 38.1 Å². The molecule has 5 nitrogen and oxygen atoms in total. The standard InChI is InChI=1S/C43H26Br2N4O/c1-43(2)33-9-5-3-7-27(33)28-15-13-26(20-34(28)43)40-31-17-12-23(21-36(31)47-42(45)49-40)24-11-16-29-32-19-25(14-18-37(32)50-38(29)22-24)39-30-8-4-6-10-35(30)46-41(44)48-39/h3-22H,1-2H3. The highest BCUT2D eigenvalue weighted by atomic mass is 79.9.